The molecule has 2 aromatic carbocycles. The van der Waals surface area contributed by atoms with Crippen molar-refractivity contribution in [3.8, 4) is 0 Å². The van der Waals surface area contributed by atoms with Gasteiger partial charge in [0.05, 0.1) is 24.5 Å². The van der Waals surface area contributed by atoms with E-state index in [-0.39, 0.29) is 22.7 Å². The fourth-order valence-corrected chi connectivity index (χ4v) is 3.12. The zero-order chi connectivity index (χ0) is 24.2. The van der Waals surface area contributed by atoms with Gasteiger partial charge < -0.3 is 30.9 Å². The maximum absolute atomic E-state index is 14.6. The minimum absolute atomic E-state index is 0.181. The number of halogens is 4. The van der Waals surface area contributed by atoms with Gasteiger partial charge in [0.2, 0.25) is 0 Å². The van der Waals surface area contributed by atoms with Gasteiger partial charge in [-0.15, -0.1) is 0 Å². The highest BCUT2D eigenvalue weighted by molar-refractivity contribution is 6.00. The Morgan fingerprint density at radius 1 is 1.18 bits per heavy atom. The number of aliphatic hydroxyl groups excluding tert-OH is 2. The molecule has 7 nitrogen and oxygen atoms in total. The summed E-state index contributed by atoms with van der Waals surface area (Å²) in [5.74, 6) is -0.518. The van der Waals surface area contributed by atoms with Crippen LogP contribution in [0.5, 0.6) is 0 Å². The van der Waals surface area contributed by atoms with Crippen LogP contribution in [0.4, 0.5) is 33.7 Å². The molecule has 11 heteroatoms. The van der Waals surface area contributed by atoms with Crippen molar-refractivity contribution >= 4 is 23.0 Å². The van der Waals surface area contributed by atoms with Crippen LogP contribution in [-0.4, -0.2) is 29.1 Å². The highest BCUT2D eigenvalue weighted by Gasteiger charge is 2.33. The van der Waals surface area contributed by atoms with E-state index >= 15 is 0 Å². The number of hydrogen-bond donors (Lipinski definition) is 5. The summed E-state index contributed by atoms with van der Waals surface area (Å²) in [7, 11) is 0. The van der Waals surface area contributed by atoms with Gasteiger partial charge in [0, 0.05) is 17.5 Å². The van der Waals surface area contributed by atoms with Crippen LogP contribution in [0.2, 0.25) is 0 Å². The lowest BCUT2D eigenvalue weighted by Gasteiger charge is -2.21. The number of carbonyl (C=O) groups excluding carboxylic acids is 1. The lowest BCUT2D eigenvalue weighted by molar-refractivity contribution is -0.138. The molecule has 0 spiro atoms. The molecule has 0 saturated carbocycles. The zero-order valence-electron chi connectivity index (χ0n) is 17.3. The molecule has 0 aliphatic carbocycles. The topological polar surface area (TPSA) is 103 Å². The Kier molecular flexibility index (Phi) is 7.24. The van der Waals surface area contributed by atoms with Crippen molar-refractivity contribution < 1.29 is 37.3 Å². The third-order valence-corrected chi connectivity index (χ3v) is 4.67. The molecule has 1 unspecified atom stereocenters. The van der Waals surface area contributed by atoms with Crippen LogP contribution in [0.25, 0.3) is 5.57 Å². The predicted octanol–water partition coefficient (Wildman–Crippen LogP) is 4.16. The number of carbonyl (C=O) groups is 1. The number of ether oxygens (including phenoxy) is 1. The zero-order valence-corrected chi connectivity index (χ0v) is 17.3. The van der Waals surface area contributed by atoms with E-state index in [1.807, 2.05) is 0 Å². The normalized spacial score (nSPS) is 15.8. The Labute approximate surface area is 186 Å². The van der Waals surface area contributed by atoms with E-state index in [9.17, 15) is 27.5 Å². The first-order chi connectivity index (χ1) is 15.6. The van der Waals surface area contributed by atoms with E-state index in [0.29, 0.717) is 23.8 Å². The van der Waals surface area contributed by atoms with Gasteiger partial charge in [-0.3, -0.25) is 0 Å². The minimum atomic E-state index is -4.72. The van der Waals surface area contributed by atoms with Crippen LogP contribution in [0.3, 0.4) is 0 Å². The Bertz CT molecular complexity index is 1100. The van der Waals surface area contributed by atoms with Crippen LogP contribution in [0, 0.1) is 5.82 Å². The molecule has 1 aliphatic rings. The van der Waals surface area contributed by atoms with Crippen LogP contribution in [0.15, 0.2) is 54.4 Å². The number of hydrogen-bond acceptors (Lipinski definition) is 5. The van der Waals surface area contributed by atoms with Crippen LogP contribution in [-0.2, 0) is 17.5 Å². The number of benzene rings is 2. The van der Waals surface area contributed by atoms with Gasteiger partial charge >= 0.3 is 12.2 Å². The largest absolute Gasteiger partial charge is 0.493 e. The van der Waals surface area contributed by atoms with Crippen LogP contribution >= 0.6 is 0 Å². The molecular formula is C22H21F4N3O4. The lowest BCUT2D eigenvalue weighted by Crippen LogP contribution is -2.30. The van der Waals surface area contributed by atoms with Crippen molar-refractivity contribution in [3.05, 3.63) is 76.9 Å². The van der Waals surface area contributed by atoms with Gasteiger partial charge in [-0.05, 0) is 48.4 Å². The third kappa shape index (κ3) is 5.82. The van der Waals surface area contributed by atoms with Crippen molar-refractivity contribution in [2.75, 3.05) is 17.2 Å². The van der Waals surface area contributed by atoms with Gasteiger partial charge in [0.15, 0.2) is 6.23 Å². The molecule has 0 aromatic heterocycles. The number of amides is 2. The maximum Gasteiger partial charge on any atom is 0.416 e. The summed E-state index contributed by atoms with van der Waals surface area (Å²) < 4.78 is 59.2. The Morgan fingerprint density at radius 2 is 1.94 bits per heavy atom. The highest BCUT2D eigenvalue weighted by atomic mass is 19.4. The number of rotatable bonds is 6. The number of alkyl halides is 3. The van der Waals surface area contributed by atoms with E-state index in [2.05, 4.69) is 16.0 Å². The van der Waals surface area contributed by atoms with Gasteiger partial charge in [-0.1, -0.05) is 12.1 Å². The number of nitrogens with one attached hydrogen (secondary N) is 3. The Balaban J connectivity index is 1.73. The first kappa shape index (κ1) is 24.1. The second kappa shape index (κ2) is 9.92. The van der Waals surface area contributed by atoms with Crippen molar-refractivity contribution in [3.63, 3.8) is 0 Å². The summed E-state index contributed by atoms with van der Waals surface area (Å²) in [6.45, 7) is 1.27. The molecule has 1 aliphatic heterocycles. The van der Waals surface area contributed by atoms with Gasteiger partial charge in [0.1, 0.15) is 11.6 Å². The van der Waals surface area contributed by atoms with E-state index in [1.165, 1.54) is 24.4 Å². The van der Waals surface area contributed by atoms with E-state index < -0.39 is 36.4 Å². The Hall–Kier alpha value is -3.57. The second-order valence-electron chi connectivity index (χ2n) is 6.95. The highest BCUT2D eigenvalue weighted by Crippen LogP contribution is 2.34. The molecule has 1 atom stereocenters. The first-order valence-electron chi connectivity index (χ1n) is 9.80. The van der Waals surface area contributed by atoms with Gasteiger partial charge in [0.25, 0.3) is 0 Å². The fourth-order valence-electron chi connectivity index (χ4n) is 3.12. The number of allylic oxidation sites excluding steroid dienone is 2. The summed E-state index contributed by atoms with van der Waals surface area (Å²) in [4.78, 5) is 12.2. The second-order valence-corrected chi connectivity index (χ2v) is 6.95. The van der Waals surface area contributed by atoms with Gasteiger partial charge in [-0.2, -0.15) is 13.2 Å². The molecule has 1 heterocycles. The first-order valence-corrected chi connectivity index (χ1v) is 9.80. The summed E-state index contributed by atoms with van der Waals surface area (Å²) in [5.41, 5.74) is -0.836. The SMILES string of the molecule is CCOC1=CC(c2ccc(NC(=O)Nc3ccc(CO)c(C(F)(F)F)c3)c(F)c2)=CNC1O. The van der Waals surface area contributed by atoms with Crippen molar-refractivity contribution in [2.45, 2.75) is 25.9 Å². The summed E-state index contributed by atoms with van der Waals surface area (Å²) in [5, 5.41) is 26.0. The molecule has 0 fully saturated rings. The molecule has 3 rings (SSSR count). The quantitative estimate of drug-likeness (QED) is 0.411. The average Bonchev–Trinajstić information content (AvgIpc) is 2.76. The smallest absolute Gasteiger partial charge is 0.416 e. The van der Waals surface area contributed by atoms with Crippen LogP contribution < -0.4 is 16.0 Å². The molecule has 0 saturated heterocycles. The maximum atomic E-state index is 14.6. The monoisotopic (exact) mass is 467 g/mol. The average molecular weight is 467 g/mol. The molecule has 176 valence electrons. The summed E-state index contributed by atoms with van der Waals surface area (Å²) in [6, 6.07) is 5.93. The lowest BCUT2D eigenvalue weighted by atomic mass is 10.0. The summed E-state index contributed by atoms with van der Waals surface area (Å²) >= 11 is 0. The number of aliphatic hydroxyl groups is 2. The number of anilines is 2. The third-order valence-electron chi connectivity index (χ3n) is 4.67. The minimum Gasteiger partial charge on any atom is -0.493 e. The number of dihydropyridines is 1. The molecule has 5 N–H and O–H groups in total. The van der Waals surface area contributed by atoms with Crippen molar-refractivity contribution in [2.24, 2.45) is 0 Å². The van der Waals surface area contributed by atoms with Crippen LogP contribution in [0.1, 0.15) is 23.6 Å². The van der Waals surface area contributed by atoms with Crippen molar-refractivity contribution in [1.29, 1.82) is 0 Å². The molecule has 0 radical (unpaired) electrons. The Morgan fingerprint density at radius 3 is 2.58 bits per heavy atom. The number of urea groups is 1. The van der Waals surface area contributed by atoms with E-state index in [4.69, 9.17) is 9.84 Å². The molecule has 0 bridgehead atoms. The molecule has 2 aromatic rings. The van der Waals surface area contributed by atoms with Gasteiger partial charge in [-0.25, -0.2) is 9.18 Å². The molecular weight excluding hydrogens is 446 g/mol. The van der Waals surface area contributed by atoms with E-state index in [0.717, 1.165) is 12.1 Å². The fraction of sp³-hybridized carbons (Fsp3) is 0.227. The van der Waals surface area contributed by atoms with Crippen molar-refractivity contribution in [1.82, 2.24) is 5.32 Å². The summed E-state index contributed by atoms with van der Waals surface area (Å²) in [6.07, 6.45) is -2.71. The predicted molar refractivity (Wildman–Crippen MR) is 113 cm³/mol. The van der Waals surface area contributed by atoms with E-state index in [1.54, 1.807) is 13.0 Å². The standard InChI is InChI=1S/C22H21F4N3O4/c1-2-33-19-8-14(10-27-20(19)31)12-4-6-18(17(23)7-12)29-21(32)28-15-5-3-13(11-30)16(9-15)22(24,25)26/h3-10,20,27,30-31H,2,11H2,1H3,(H2,28,29,32). The molecule has 33 heavy (non-hydrogen) atoms. The molecule has 2 amide bonds.